The zero-order chi connectivity index (χ0) is 7.65. The summed E-state index contributed by atoms with van der Waals surface area (Å²) in [6.45, 7) is 0. The minimum Gasteiger partial charge on any atom is -0.769 e. The summed E-state index contributed by atoms with van der Waals surface area (Å²) in [4.78, 5) is 0. The molecule has 0 aromatic carbocycles. The molecule has 0 aromatic heterocycles. The fourth-order valence-corrected chi connectivity index (χ4v) is 0.500. The average Bonchev–Trinajstić information content (AvgIpc) is 1.65. The summed E-state index contributed by atoms with van der Waals surface area (Å²) in [5.41, 5.74) is 9.11. The molecule has 2 atom stereocenters. The molecular formula is CH4K2N2O4S2. The van der Waals surface area contributed by atoms with Gasteiger partial charge in [0, 0.05) is 0 Å². The molecule has 0 bridgehead atoms. The van der Waals surface area contributed by atoms with Crippen LogP contribution in [0.4, 0.5) is 0 Å². The number of hydrogen-bond acceptors (Lipinski definition) is 6. The smallest absolute Gasteiger partial charge is 0.769 e. The Morgan fingerprint density at radius 1 is 1.00 bits per heavy atom. The molecule has 0 aliphatic rings. The zero-order valence-corrected chi connectivity index (χ0v) is 14.0. The van der Waals surface area contributed by atoms with Gasteiger partial charge in [0.05, 0.1) is 0 Å². The summed E-state index contributed by atoms with van der Waals surface area (Å²) in [5, 5.41) is 0. The molecule has 4 N–H and O–H groups in total. The van der Waals surface area contributed by atoms with Crippen molar-refractivity contribution in [1.29, 1.82) is 0 Å². The second-order valence-electron chi connectivity index (χ2n) is 1.19. The van der Waals surface area contributed by atoms with E-state index in [9.17, 15) is 17.5 Å². The predicted molar refractivity (Wildman–Crippen MR) is 28.9 cm³/mol. The molecule has 10 heteroatoms. The summed E-state index contributed by atoms with van der Waals surface area (Å²) in [6, 6.07) is 0. The topological polar surface area (TPSA) is 132 Å². The molecule has 0 amide bonds. The Kier molecular flexibility index (Phi) is 15.7. The van der Waals surface area contributed by atoms with Gasteiger partial charge < -0.3 is 9.11 Å². The summed E-state index contributed by atoms with van der Waals surface area (Å²) in [5.74, 6) is 0. The Morgan fingerprint density at radius 2 is 1.18 bits per heavy atom. The van der Waals surface area contributed by atoms with E-state index in [0.29, 0.717) is 0 Å². The number of hydrogen-bond donors (Lipinski definition) is 2. The van der Waals surface area contributed by atoms with Crippen molar-refractivity contribution < 1.29 is 120 Å². The molecule has 0 spiro atoms. The normalized spacial score (nSPS) is 15.6. The van der Waals surface area contributed by atoms with E-state index < -0.39 is 26.5 Å². The van der Waals surface area contributed by atoms with Crippen LogP contribution in [0.25, 0.3) is 0 Å². The number of nitrogens with two attached hydrogens (primary N) is 2. The van der Waals surface area contributed by atoms with Crippen LogP contribution in [0, 0.1) is 0 Å². The Morgan fingerprint density at radius 3 is 1.18 bits per heavy atom. The molecule has 0 saturated heterocycles. The Labute approximate surface area is 154 Å². The third kappa shape index (κ3) is 7.35. The van der Waals surface area contributed by atoms with Crippen LogP contribution in [0.5, 0.6) is 0 Å². The zero-order valence-electron chi connectivity index (χ0n) is 6.10. The maximum Gasteiger partial charge on any atom is 1.00 e. The SMILES string of the molecule is NC(N)(S(=O)[O-])S(=O)[O-].[K+].[K+]. The minimum absolute atomic E-state index is 0. The van der Waals surface area contributed by atoms with E-state index in [2.05, 4.69) is 11.5 Å². The summed E-state index contributed by atoms with van der Waals surface area (Å²) >= 11 is -6.03. The van der Waals surface area contributed by atoms with Crippen molar-refractivity contribution in [2.45, 2.75) is 4.33 Å². The van der Waals surface area contributed by atoms with Crippen molar-refractivity contribution in [3.05, 3.63) is 0 Å². The van der Waals surface area contributed by atoms with Gasteiger partial charge in [-0.05, 0) is 22.2 Å². The molecule has 0 aliphatic heterocycles. The first-order valence-electron chi connectivity index (χ1n) is 1.65. The van der Waals surface area contributed by atoms with Crippen LogP contribution in [-0.2, 0) is 22.2 Å². The van der Waals surface area contributed by atoms with Crippen LogP contribution in [0.2, 0.25) is 0 Å². The molecule has 0 aliphatic carbocycles. The van der Waals surface area contributed by atoms with Crippen LogP contribution in [0.3, 0.4) is 0 Å². The van der Waals surface area contributed by atoms with Crippen molar-refractivity contribution in [2.24, 2.45) is 11.5 Å². The van der Waals surface area contributed by atoms with E-state index in [1.807, 2.05) is 0 Å². The summed E-state index contributed by atoms with van der Waals surface area (Å²) in [6.07, 6.45) is 0. The summed E-state index contributed by atoms with van der Waals surface area (Å²) in [7, 11) is 0. The molecular weight excluding hydrogens is 246 g/mol. The molecule has 0 heterocycles. The van der Waals surface area contributed by atoms with E-state index in [-0.39, 0.29) is 103 Å². The predicted octanol–water partition coefficient (Wildman–Crippen LogP) is -8.72. The molecule has 0 radical (unpaired) electrons. The second-order valence-corrected chi connectivity index (χ2v) is 3.74. The van der Waals surface area contributed by atoms with Gasteiger partial charge in [-0.2, -0.15) is 0 Å². The Hall–Kier alpha value is 3.41. The maximum atomic E-state index is 9.82. The van der Waals surface area contributed by atoms with Gasteiger partial charge in [-0.3, -0.25) is 19.9 Å². The molecule has 0 saturated carbocycles. The van der Waals surface area contributed by atoms with Crippen LogP contribution in [0.1, 0.15) is 0 Å². The van der Waals surface area contributed by atoms with Gasteiger partial charge >= 0.3 is 103 Å². The van der Waals surface area contributed by atoms with E-state index >= 15 is 0 Å². The quantitative estimate of drug-likeness (QED) is 0.284. The van der Waals surface area contributed by atoms with Crippen LogP contribution < -0.4 is 114 Å². The molecule has 0 aromatic rings. The van der Waals surface area contributed by atoms with Crippen molar-refractivity contribution in [3.8, 4) is 0 Å². The monoisotopic (exact) mass is 250 g/mol. The fraction of sp³-hybridized carbons (Fsp3) is 1.00. The van der Waals surface area contributed by atoms with E-state index in [4.69, 9.17) is 0 Å². The second kappa shape index (κ2) is 8.70. The van der Waals surface area contributed by atoms with Crippen LogP contribution in [-0.4, -0.2) is 21.9 Å². The maximum absolute atomic E-state index is 9.82. The molecule has 2 unspecified atom stereocenters. The minimum atomic E-state index is -3.01. The fourth-order valence-electron chi connectivity index (χ4n) is 0.0556. The Bertz CT molecular complexity index is 146. The van der Waals surface area contributed by atoms with Crippen molar-refractivity contribution in [2.75, 3.05) is 0 Å². The van der Waals surface area contributed by atoms with Crippen molar-refractivity contribution in [3.63, 3.8) is 0 Å². The van der Waals surface area contributed by atoms with Crippen molar-refractivity contribution in [1.82, 2.24) is 0 Å². The van der Waals surface area contributed by atoms with Gasteiger partial charge in [0.25, 0.3) is 0 Å². The van der Waals surface area contributed by atoms with E-state index in [1.165, 1.54) is 0 Å². The van der Waals surface area contributed by atoms with Gasteiger partial charge in [0.15, 0.2) is 4.33 Å². The third-order valence-corrected chi connectivity index (χ3v) is 2.38. The first kappa shape index (κ1) is 19.9. The molecule has 6 nitrogen and oxygen atoms in total. The van der Waals surface area contributed by atoms with Crippen molar-refractivity contribution >= 4 is 22.2 Å². The molecule has 11 heavy (non-hydrogen) atoms. The van der Waals surface area contributed by atoms with Gasteiger partial charge in [-0.1, -0.05) is 0 Å². The van der Waals surface area contributed by atoms with Gasteiger partial charge in [0.1, 0.15) is 0 Å². The molecule has 0 rings (SSSR count). The average molecular weight is 250 g/mol. The van der Waals surface area contributed by atoms with Gasteiger partial charge in [-0.15, -0.1) is 0 Å². The third-order valence-electron chi connectivity index (χ3n) is 0.521. The first-order valence-corrected chi connectivity index (χ1v) is 3.80. The van der Waals surface area contributed by atoms with Crippen LogP contribution >= 0.6 is 0 Å². The van der Waals surface area contributed by atoms with Gasteiger partial charge in [-0.25, -0.2) is 0 Å². The summed E-state index contributed by atoms with van der Waals surface area (Å²) < 4.78 is 36.6. The van der Waals surface area contributed by atoms with E-state index in [0.717, 1.165) is 0 Å². The molecule has 56 valence electrons. The molecule has 0 fully saturated rings. The largest absolute Gasteiger partial charge is 1.00 e. The van der Waals surface area contributed by atoms with E-state index in [1.54, 1.807) is 0 Å². The Balaban J connectivity index is -0.000000320. The van der Waals surface area contributed by atoms with Gasteiger partial charge in [0.2, 0.25) is 0 Å². The van der Waals surface area contributed by atoms with Crippen LogP contribution in [0.15, 0.2) is 0 Å². The first-order chi connectivity index (χ1) is 3.89. The standard InChI is InChI=1S/CH6N2O4S2.2K/c2-1(3,8(4)5)9(6)7;;/h2-3H2,(H,4,5)(H,6,7);;/q;2*+1/p-2. The number of rotatable bonds is 2.